The van der Waals surface area contributed by atoms with E-state index in [1.807, 2.05) is 36.4 Å². The number of carbonyl (C=O) groups excluding carboxylic acids is 2. The maximum absolute atomic E-state index is 11.4. The van der Waals surface area contributed by atoms with Gasteiger partial charge in [-0.2, -0.15) is 5.10 Å². The van der Waals surface area contributed by atoms with E-state index in [1.165, 1.54) is 6.21 Å². The zero-order chi connectivity index (χ0) is 15.1. The summed E-state index contributed by atoms with van der Waals surface area (Å²) in [6.07, 6.45) is 4.73. The molecule has 0 saturated carbocycles. The Balaban J connectivity index is 0.00000242. The molecule has 2 rings (SSSR count). The molecule has 1 aromatic rings. The Kier molecular flexibility index (Phi) is 8.11. The molecule has 0 radical (unpaired) electrons. The van der Waals surface area contributed by atoms with Gasteiger partial charge < -0.3 is 15.2 Å². The van der Waals surface area contributed by atoms with Crippen molar-refractivity contribution in [1.82, 2.24) is 5.32 Å². The van der Waals surface area contributed by atoms with Crippen LogP contribution in [0.3, 0.4) is 0 Å². The largest absolute Gasteiger partial charge is 1.00 e. The number of allylic oxidation sites excluding steroid dienone is 1. The van der Waals surface area contributed by atoms with Crippen LogP contribution in [0.1, 0.15) is 12.0 Å². The molecule has 1 saturated heterocycles. The van der Waals surface area contributed by atoms with Crippen molar-refractivity contribution in [2.45, 2.75) is 11.7 Å². The van der Waals surface area contributed by atoms with Crippen molar-refractivity contribution in [2.75, 3.05) is 0 Å². The summed E-state index contributed by atoms with van der Waals surface area (Å²) in [5, 5.41) is 20.1. The number of hydrogen-bond acceptors (Lipinski definition) is 6. The van der Waals surface area contributed by atoms with Crippen LogP contribution in [-0.2, 0) is 9.59 Å². The molecule has 0 spiro atoms. The topological polar surface area (TPSA) is 93.9 Å². The minimum Gasteiger partial charge on any atom is -0.550 e. The minimum atomic E-state index is -1.27. The van der Waals surface area contributed by atoms with Gasteiger partial charge in [-0.25, -0.2) is 0 Å². The van der Waals surface area contributed by atoms with E-state index in [9.17, 15) is 14.7 Å². The van der Waals surface area contributed by atoms with Gasteiger partial charge in [0.1, 0.15) is 0 Å². The Bertz CT molecular complexity index is 617. The quantitative estimate of drug-likeness (QED) is 0.365. The number of amidine groups is 1. The maximum Gasteiger partial charge on any atom is 1.00 e. The molecule has 1 aliphatic rings. The summed E-state index contributed by atoms with van der Waals surface area (Å²) < 4.78 is 0. The van der Waals surface area contributed by atoms with Gasteiger partial charge in [-0.05, 0) is 11.6 Å². The molecule has 0 bridgehead atoms. The van der Waals surface area contributed by atoms with Gasteiger partial charge in [0.15, 0.2) is 5.17 Å². The summed E-state index contributed by atoms with van der Waals surface area (Å²) in [5.74, 6) is -1.66. The van der Waals surface area contributed by atoms with E-state index >= 15 is 0 Å². The fourth-order valence-electron chi connectivity index (χ4n) is 1.58. The van der Waals surface area contributed by atoms with Crippen LogP contribution in [0.25, 0.3) is 6.08 Å². The average molecular weight is 325 g/mol. The fraction of sp³-hybridized carbons (Fsp3) is 0.143. The fourth-order valence-corrected chi connectivity index (χ4v) is 2.49. The molecule has 108 valence electrons. The van der Waals surface area contributed by atoms with Crippen LogP contribution >= 0.6 is 11.8 Å². The number of thioether (sulfide) groups is 1. The third-order valence-electron chi connectivity index (χ3n) is 2.52. The summed E-state index contributed by atoms with van der Waals surface area (Å²) in [6, 6.07) is 9.69. The first-order valence-corrected chi connectivity index (χ1v) is 7.03. The molecule has 1 N–H and O–H groups in total. The van der Waals surface area contributed by atoms with E-state index in [1.54, 1.807) is 6.08 Å². The summed E-state index contributed by atoms with van der Waals surface area (Å²) in [7, 11) is 0. The van der Waals surface area contributed by atoms with Crippen LogP contribution in [0.2, 0.25) is 0 Å². The van der Waals surface area contributed by atoms with Gasteiger partial charge in [0.05, 0.1) is 5.25 Å². The predicted octanol–water partition coefficient (Wildman–Crippen LogP) is -2.58. The maximum atomic E-state index is 11.4. The molecular formula is C14H12N3NaO3S. The monoisotopic (exact) mass is 325 g/mol. The van der Waals surface area contributed by atoms with Crippen LogP contribution in [-0.4, -0.2) is 28.5 Å². The van der Waals surface area contributed by atoms with Gasteiger partial charge >= 0.3 is 29.6 Å². The van der Waals surface area contributed by atoms with E-state index < -0.39 is 17.1 Å². The molecular weight excluding hydrogens is 313 g/mol. The molecule has 1 heterocycles. The van der Waals surface area contributed by atoms with Crippen molar-refractivity contribution in [3.8, 4) is 0 Å². The van der Waals surface area contributed by atoms with E-state index in [2.05, 4.69) is 15.5 Å². The summed E-state index contributed by atoms with van der Waals surface area (Å²) in [5.41, 5.74) is 1.04. The van der Waals surface area contributed by atoms with Crippen LogP contribution in [0.15, 0.2) is 46.6 Å². The van der Waals surface area contributed by atoms with Crippen LogP contribution in [0, 0.1) is 0 Å². The Morgan fingerprint density at radius 1 is 1.36 bits per heavy atom. The van der Waals surface area contributed by atoms with E-state index in [-0.39, 0.29) is 41.1 Å². The molecule has 8 heteroatoms. The number of hydrogen-bond donors (Lipinski definition) is 1. The van der Waals surface area contributed by atoms with Gasteiger partial charge in [0.25, 0.3) is 0 Å². The molecule has 22 heavy (non-hydrogen) atoms. The van der Waals surface area contributed by atoms with Crippen LogP contribution < -0.4 is 40.0 Å². The van der Waals surface area contributed by atoms with Gasteiger partial charge in [-0.1, -0.05) is 48.2 Å². The Hall–Kier alpha value is -1.41. The first-order chi connectivity index (χ1) is 10.1. The summed E-state index contributed by atoms with van der Waals surface area (Å²) >= 11 is 1.03. The van der Waals surface area contributed by atoms with Crippen molar-refractivity contribution in [3.05, 3.63) is 42.0 Å². The summed E-state index contributed by atoms with van der Waals surface area (Å²) in [6.45, 7) is 0. The standard InChI is InChI=1S/C14H13N3O3S.Na/c18-12(19)9-11-13(20)16-14(21-11)17-15-8-4-7-10-5-2-1-3-6-10;/h1-8,11H,9H2,(H,18,19)(H,16,17,20);/q;+1/p-1/b7-4+,15-8+;. The van der Waals surface area contributed by atoms with Crippen molar-refractivity contribution in [1.29, 1.82) is 0 Å². The van der Waals surface area contributed by atoms with Crippen LogP contribution in [0.4, 0.5) is 0 Å². The average Bonchev–Trinajstić information content (AvgIpc) is 2.79. The molecule has 0 aromatic heterocycles. The second kappa shape index (κ2) is 9.58. The first kappa shape index (κ1) is 18.6. The second-order valence-electron chi connectivity index (χ2n) is 4.11. The molecule has 6 nitrogen and oxygen atoms in total. The zero-order valence-corrected chi connectivity index (χ0v) is 14.7. The van der Waals surface area contributed by atoms with E-state index in [0.29, 0.717) is 0 Å². The zero-order valence-electron chi connectivity index (χ0n) is 11.9. The second-order valence-corrected chi connectivity index (χ2v) is 5.30. The third kappa shape index (κ3) is 6.15. The number of carboxylic acid groups (broad SMARTS) is 1. The third-order valence-corrected chi connectivity index (χ3v) is 3.59. The normalized spacial score (nSPS) is 19.5. The molecule has 1 fully saturated rings. The smallest absolute Gasteiger partial charge is 0.550 e. The SMILES string of the molecule is O=C([O-])CC1S/C(=N/N=C/C=C/c2ccccc2)NC1=O.[Na+]. The molecule has 1 atom stereocenters. The number of amides is 1. The molecule has 1 aromatic carbocycles. The van der Waals surface area contributed by atoms with Crippen molar-refractivity contribution in [3.63, 3.8) is 0 Å². The number of benzene rings is 1. The molecule has 1 aliphatic heterocycles. The number of carboxylic acids is 1. The van der Waals surface area contributed by atoms with Crippen molar-refractivity contribution >= 4 is 41.1 Å². The van der Waals surface area contributed by atoms with E-state index in [0.717, 1.165) is 17.3 Å². The van der Waals surface area contributed by atoms with Crippen molar-refractivity contribution < 1.29 is 44.3 Å². The number of rotatable bonds is 5. The minimum absolute atomic E-state index is 0. The molecule has 0 aliphatic carbocycles. The van der Waals surface area contributed by atoms with Crippen molar-refractivity contribution in [2.24, 2.45) is 10.2 Å². The Morgan fingerprint density at radius 2 is 2.09 bits per heavy atom. The van der Waals surface area contributed by atoms with Gasteiger partial charge in [-0.3, -0.25) is 4.79 Å². The predicted molar refractivity (Wildman–Crippen MR) is 80.5 cm³/mol. The van der Waals surface area contributed by atoms with Crippen LogP contribution in [0.5, 0.6) is 0 Å². The number of aliphatic carboxylic acids is 1. The number of nitrogens with zero attached hydrogens (tertiary/aromatic N) is 2. The number of nitrogens with one attached hydrogen (secondary N) is 1. The van der Waals surface area contributed by atoms with Gasteiger partial charge in [0, 0.05) is 18.6 Å². The Labute approximate surface area is 154 Å². The van der Waals surface area contributed by atoms with Gasteiger partial charge in [0.2, 0.25) is 5.91 Å². The molecule has 1 unspecified atom stereocenters. The first-order valence-electron chi connectivity index (χ1n) is 6.15. The Morgan fingerprint density at radius 3 is 2.77 bits per heavy atom. The summed E-state index contributed by atoms with van der Waals surface area (Å²) in [4.78, 5) is 21.9. The molecule has 1 amide bonds. The number of carbonyl (C=O) groups is 2. The van der Waals surface area contributed by atoms with E-state index in [4.69, 9.17) is 0 Å². The van der Waals surface area contributed by atoms with Gasteiger partial charge in [-0.15, -0.1) is 5.10 Å².